The first kappa shape index (κ1) is 16.0. The van der Waals surface area contributed by atoms with E-state index in [1.54, 1.807) is 5.01 Å². The van der Waals surface area contributed by atoms with Crippen molar-refractivity contribution in [3.8, 4) is 0 Å². The van der Waals surface area contributed by atoms with Gasteiger partial charge in [-0.3, -0.25) is 9.80 Å². The summed E-state index contributed by atoms with van der Waals surface area (Å²) in [7, 11) is 0. The van der Waals surface area contributed by atoms with Crippen LogP contribution in [0.4, 0.5) is 13.2 Å². The van der Waals surface area contributed by atoms with Gasteiger partial charge in [-0.1, -0.05) is 0 Å². The molecule has 0 aromatic rings. The minimum atomic E-state index is -4.39. The first-order valence-corrected chi connectivity index (χ1v) is 6.92. The number of rotatable bonds is 4. The predicted octanol–water partition coefficient (Wildman–Crippen LogP) is 0.928. The quantitative estimate of drug-likeness (QED) is 0.757. The third-order valence-electron chi connectivity index (χ3n) is 3.46. The zero-order valence-corrected chi connectivity index (χ0v) is 11.5. The fourth-order valence-electron chi connectivity index (χ4n) is 2.53. The fraction of sp³-hybridized carbons (Fsp3) is 0.833. The fourth-order valence-corrected chi connectivity index (χ4v) is 2.53. The monoisotopic (exact) mass is 308 g/mol. The molecule has 6 nitrogen and oxygen atoms in total. The van der Waals surface area contributed by atoms with Crippen LogP contribution in [-0.4, -0.2) is 48.3 Å². The zero-order chi connectivity index (χ0) is 15.5. The molecule has 2 rings (SSSR count). The van der Waals surface area contributed by atoms with Gasteiger partial charge >= 0.3 is 6.30 Å². The van der Waals surface area contributed by atoms with Gasteiger partial charge in [0.05, 0.1) is 12.5 Å². The lowest BCUT2D eigenvalue weighted by Crippen LogP contribution is -2.48. The Morgan fingerprint density at radius 1 is 1.48 bits per heavy atom. The van der Waals surface area contributed by atoms with Crippen molar-refractivity contribution in [2.24, 2.45) is 10.8 Å². The molecule has 0 spiro atoms. The summed E-state index contributed by atoms with van der Waals surface area (Å²) in [5.74, 6) is -0.433. The van der Waals surface area contributed by atoms with Crippen LogP contribution in [0.1, 0.15) is 32.1 Å². The first-order chi connectivity index (χ1) is 9.83. The normalized spacial score (nSPS) is 26.8. The second-order valence-corrected chi connectivity index (χ2v) is 5.24. The molecule has 0 radical (unpaired) electrons. The van der Waals surface area contributed by atoms with Crippen molar-refractivity contribution < 1.29 is 22.7 Å². The highest BCUT2D eigenvalue weighted by molar-refractivity contribution is 6.00. The van der Waals surface area contributed by atoms with Gasteiger partial charge in [-0.2, -0.15) is 18.3 Å². The number of hydrogen-bond acceptors (Lipinski definition) is 5. The summed E-state index contributed by atoms with van der Waals surface area (Å²) >= 11 is 0. The van der Waals surface area contributed by atoms with Gasteiger partial charge in [0.2, 0.25) is 5.91 Å². The number of halogens is 3. The highest BCUT2D eigenvalue weighted by Crippen LogP contribution is 2.24. The number of nitrogens with two attached hydrogens (primary N) is 1. The molecule has 0 aliphatic carbocycles. The molecule has 1 amide bonds. The van der Waals surface area contributed by atoms with E-state index >= 15 is 0 Å². The maximum Gasteiger partial charge on any atom is 0.457 e. The Morgan fingerprint density at radius 2 is 2.24 bits per heavy atom. The largest absolute Gasteiger partial charge is 0.457 e. The van der Waals surface area contributed by atoms with E-state index in [9.17, 15) is 18.0 Å². The van der Waals surface area contributed by atoms with Crippen LogP contribution in [0, 0.1) is 0 Å². The Labute approximate surface area is 120 Å². The number of primary amides is 1. The number of alkyl halides is 3. The summed E-state index contributed by atoms with van der Waals surface area (Å²) in [5, 5.41) is 7.58. The SMILES string of the molecule is NC(=O)CC1=NN2CCC(CNC(F)(F)F)OC2CCC1. The highest BCUT2D eigenvalue weighted by atomic mass is 19.4. The van der Waals surface area contributed by atoms with E-state index in [1.165, 1.54) is 5.32 Å². The number of nitrogens with one attached hydrogen (secondary N) is 1. The lowest BCUT2D eigenvalue weighted by atomic mass is 10.1. The number of fused-ring (bicyclic) bond motifs is 1. The summed E-state index contributed by atoms with van der Waals surface area (Å²) < 4.78 is 42.1. The number of carbonyl (C=O) groups is 1. The molecule has 0 aromatic heterocycles. The van der Waals surface area contributed by atoms with Gasteiger partial charge in [0.1, 0.15) is 6.23 Å². The van der Waals surface area contributed by atoms with Crippen LogP contribution < -0.4 is 11.1 Å². The Hall–Kier alpha value is -1.35. The van der Waals surface area contributed by atoms with Crippen molar-refractivity contribution in [2.75, 3.05) is 13.1 Å². The standard InChI is InChI=1S/C12H19F3N4O2/c13-12(14,15)17-7-9-4-5-19-11(21-9)3-1-2-8(18-19)6-10(16)20/h9,11,17H,1-7H2,(H2,16,20). The number of hydrogen-bond donors (Lipinski definition) is 2. The lowest BCUT2D eigenvalue weighted by Gasteiger charge is -2.37. The molecule has 1 saturated heterocycles. The van der Waals surface area contributed by atoms with Crippen LogP contribution in [0.2, 0.25) is 0 Å². The molecule has 9 heteroatoms. The van der Waals surface area contributed by atoms with Gasteiger partial charge < -0.3 is 10.5 Å². The molecule has 0 saturated carbocycles. The van der Waals surface area contributed by atoms with E-state index in [1.807, 2.05) is 0 Å². The number of amides is 1. The van der Waals surface area contributed by atoms with Crippen LogP contribution in [-0.2, 0) is 9.53 Å². The number of hydrazone groups is 1. The second-order valence-electron chi connectivity index (χ2n) is 5.24. The van der Waals surface area contributed by atoms with E-state index in [-0.39, 0.29) is 19.2 Å². The summed E-state index contributed by atoms with van der Waals surface area (Å²) in [6.07, 6.45) is -2.54. The summed E-state index contributed by atoms with van der Waals surface area (Å²) in [6.45, 7) is 0.253. The van der Waals surface area contributed by atoms with E-state index in [0.717, 1.165) is 6.42 Å². The molecular weight excluding hydrogens is 289 g/mol. The van der Waals surface area contributed by atoms with Crippen molar-refractivity contribution >= 4 is 11.6 Å². The van der Waals surface area contributed by atoms with Crippen molar-refractivity contribution in [1.82, 2.24) is 10.3 Å². The lowest BCUT2D eigenvalue weighted by molar-refractivity contribution is -0.179. The third-order valence-corrected chi connectivity index (χ3v) is 3.46. The number of ether oxygens (including phenoxy) is 1. The predicted molar refractivity (Wildman–Crippen MR) is 69.1 cm³/mol. The number of carbonyl (C=O) groups excluding carboxylic acids is 1. The van der Waals surface area contributed by atoms with E-state index in [4.69, 9.17) is 10.5 Å². The van der Waals surface area contributed by atoms with Gasteiger partial charge in [-0.05, 0) is 25.7 Å². The topological polar surface area (TPSA) is 80.0 Å². The van der Waals surface area contributed by atoms with Crippen LogP contribution in [0.5, 0.6) is 0 Å². The van der Waals surface area contributed by atoms with Crippen molar-refractivity contribution in [3.63, 3.8) is 0 Å². The highest BCUT2D eigenvalue weighted by Gasteiger charge is 2.33. The van der Waals surface area contributed by atoms with Gasteiger partial charge in [-0.15, -0.1) is 0 Å². The summed E-state index contributed by atoms with van der Waals surface area (Å²) in [5.41, 5.74) is 5.87. The summed E-state index contributed by atoms with van der Waals surface area (Å²) in [4.78, 5) is 10.9. The Balaban J connectivity index is 1.90. The molecule has 2 aliphatic rings. The Morgan fingerprint density at radius 3 is 2.90 bits per heavy atom. The Kier molecular flexibility index (Phi) is 5.04. The van der Waals surface area contributed by atoms with Crippen LogP contribution >= 0.6 is 0 Å². The van der Waals surface area contributed by atoms with Gasteiger partial charge in [0.15, 0.2) is 0 Å². The van der Waals surface area contributed by atoms with Gasteiger partial charge in [0.25, 0.3) is 0 Å². The van der Waals surface area contributed by atoms with E-state index in [0.29, 0.717) is 31.5 Å². The van der Waals surface area contributed by atoms with Gasteiger partial charge in [0, 0.05) is 18.8 Å². The maximum absolute atomic E-state index is 12.1. The van der Waals surface area contributed by atoms with Crippen LogP contribution in [0.15, 0.2) is 5.10 Å². The molecule has 0 bridgehead atoms. The smallest absolute Gasteiger partial charge is 0.369 e. The Bertz CT molecular complexity index is 414. The van der Waals surface area contributed by atoms with Crippen molar-refractivity contribution in [3.05, 3.63) is 0 Å². The summed E-state index contributed by atoms with van der Waals surface area (Å²) in [6, 6.07) is 0. The molecule has 2 unspecified atom stereocenters. The molecule has 3 N–H and O–H groups in total. The molecule has 0 aromatic carbocycles. The average molecular weight is 308 g/mol. The molecular formula is C12H19F3N4O2. The molecule has 1 fully saturated rings. The molecule has 21 heavy (non-hydrogen) atoms. The number of nitrogens with zero attached hydrogens (tertiary/aromatic N) is 2. The molecule has 2 heterocycles. The maximum atomic E-state index is 12.1. The molecule has 2 aliphatic heterocycles. The van der Waals surface area contributed by atoms with Gasteiger partial charge in [-0.25, -0.2) is 5.32 Å². The van der Waals surface area contributed by atoms with Crippen molar-refractivity contribution in [1.29, 1.82) is 0 Å². The minimum absolute atomic E-state index is 0.113. The third kappa shape index (κ3) is 5.16. The second kappa shape index (κ2) is 6.61. The first-order valence-electron chi connectivity index (χ1n) is 6.92. The van der Waals surface area contributed by atoms with Crippen molar-refractivity contribution in [2.45, 2.75) is 50.7 Å². The van der Waals surface area contributed by atoms with Crippen LogP contribution in [0.3, 0.4) is 0 Å². The minimum Gasteiger partial charge on any atom is -0.369 e. The van der Waals surface area contributed by atoms with E-state index in [2.05, 4.69) is 5.10 Å². The van der Waals surface area contributed by atoms with E-state index < -0.39 is 18.3 Å². The zero-order valence-electron chi connectivity index (χ0n) is 11.5. The molecule has 2 atom stereocenters. The molecule has 120 valence electrons. The average Bonchev–Trinajstić information content (AvgIpc) is 2.55. The van der Waals surface area contributed by atoms with Crippen LogP contribution in [0.25, 0.3) is 0 Å².